The molecule has 13 heteroatoms. The van der Waals surface area contributed by atoms with E-state index in [1.165, 1.54) is 19.2 Å². The zero-order valence-electron chi connectivity index (χ0n) is 20.2. The van der Waals surface area contributed by atoms with Crippen LogP contribution in [0.1, 0.15) is 26.4 Å². The smallest absolute Gasteiger partial charge is 0.416 e. The molecule has 0 aliphatic rings. The molecule has 0 aliphatic heterocycles. The fourth-order valence-corrected chi connectivity index (χ4v) is 4.91. The van der Waals surface area contributed by atoms with Crippen molar-refractivity contribution in [2.45, 2.75) is 26.6 Å². The number of nitrogens with zero attached hydrogens (tertiary/aromatic N) is 2. The molecule has 0 aliphatic carbocycles. The third kappa shape index (κ3) is 5.50. The van der Waals surface area contributed by atoms with Crippen LogP contribution in [0, 0.1) is 13.8 Å². The second-order valence-corrected chi connectivity index (χ2v) is 9.70. The van der Waals surface area contributed by atoms with Crippen LogP contribution in [0.4, 0.5) is 24.5 Å². The molecule has 0 saturated carbocycles. The summed E-state index contributed by atoms with van der Waals surface area (Å²) in [6.07, 6.45) is -3.41. The van der Waals surface area contributed by atoms with Crippen molar-refractivity contribution in [3.05, 3.63) is 79.7 Å². The monoisotopic (exact) mass is 564 g/mol. The van der Waals surface area contributed by atoms with Crippen molar-refractivity contribution in [3.8, 4) is 5.75 Å². The van der Waals surface area contributed by atoms with Crippen LogP contribution in [0.15, 0.2) is 47.5 Å². The maximum atomic E-state index is 13.1. The molecular weight excluding hydrogens is 545 g/mol. The molecule has 0 saturated heterocycles. The number of thiophene rings is 1. The van der Waals surface area contributed by atoms with Gasteiger partial charge in [-0.3, -0.25) is 19.0 Å². The van der Waals surface area contributed by atoms with Gasteiger partial charge in [0.2, 0.25) is 5.91 Å². The summed E-state index contributed by atoms with van der Waals surface area (Å²) in [5, 5.41) is 5.75. The van der Waals surface area contributed by atoms with Gasteiger partial charge in [0.1, 0.15) is 17.1 Å². The number of hydrogen-bond donors (Lipinski definition) is 2. The van der Waals surface area contributed by atoms with E-state index in [4.69, 9.17) is 16.3 Å². The Bertz CT molecular complexity index is 1630. The number of ether oxygens (including phenoxy) is 1. The number of aromatic nitrogens is 2. The first kappa shape index (κ1) is 27.1. The highest BCUT2D eigenvalue weighted by Gasteiger charge is 2.30. The number of rotatable bonds is 6. The zero-order chi connectivity index (χ0) is 27.8. The highest BCUT2D eigenvalue weighted by Crippen LogP contribution is 2.33. The summed E-state index contributed by atoms with van der Waals surface area (Å²) in [6, 6.07) is 7.40. The van der Waals surface area contributed by atoms with Crippen LogP contribution in [-0.2, 0) is 17.5 Å². The van der Waals surface area contributed by atoms with E-state index in [2.05, 4.69) is 15.6 Å². The summed E-state index contributed by atoms with van der Waals surface area (Å²) >= 11 is 7.14. The number of alkyl halides is 3. The number of nitrogens with one attached hydrogen (secondary N) is 2. The van der Waals surface area contributed by atoms with E-state index in [1.54, 1.807) is 26.0 Å². The summed E-state index contributed by atoms with van der Waals surface area (Å²) in [4.78, 5) is 43.4. The highest BCUT2D eigenvalue weighted by atomic mass is 35.5. The molecule has 0 radical (unpaired) electrons. The Morgan fingerprint density at radius 2 is 1.89 bits per heavy atom. The van der Waals surface area contributed by atoms with E-state index in [9.17, 15) is 27.6 Å². The SMILES string of the molecule is COc1cc(Cl)c(C)cc1NC(=O)c1sc2ncn(CC(=O)Nc3cccc(C(F)(F)F)c3)c(=O)c2c1C. The minimum absolute atomic E-state index is 0.0644. The second kappa shape index (κ2) is 10.5. The molecule has 198 valence electrons. The number of hydrogen-bond acceptors (Lipinski definition) is 6. The molecular formula is C25H20ClF3N4O4S. The van der Waals surface area contributed by atoms with E-state index >= 15 is 0 Å². The van der Waals surface area contributed by atoms with E-state index in [-0.39, 0.29) is 16.0 Å². The summed E-state index contributed by atoms with van der Waals surface area (Å²) in [5.74, 6) is -0.845. The number of amides is 2. The molecule has 0 unspecified atom stereocenters. The molecule has 4 rings (SSSR count). The molecule has 38 heavy (non-hydrogen) atoms. The van der Waals surface area contributed by atoms with Gasteiger partial charge < -0.3 is 15.4 Å². The minimum atomic E-state index is -4.56. The summed E-state index contributed by atoms with van der Waals surface area (Å²) < 4.78 is 45.1. The third-order valence-electron chi connectivity index (χ3n) is 5.64. The van der Waals surface area contributed by atoms with Gasteiger partial charge in [-0.2, -0.15) is 13.2 Å². The number of methoxy groups -OCH3 is 1. The molecule has 4 aromatic rings. The van der Waals surface area contributed by atoms with E-state index < -0.39 is 35.7 Å². The molecule has 0 fully saturated rings. The Morgan fingerprint density at radius 3 is 2.58 bits per heavy atom. The largest absolute Gasteiger partial charge is 0.495 e. The van der Waals surface area contributed by atoms with Crippen LogP contribution in [0.5, 0.6) is 5.75 Å². The third-order valence-corrected chi connectivity index (χ3v) is 7.25. The molecule has 2 N–H and O–H groups in total. The molecule has 2 amide bonds. The van der Waals surface area contributed by atoms with Crippen molar-refractivity contribution >= 4 is 56.3 Å². The Hall–Kier alpha value is -3.90. The average Bonchev–Trinajstić information content (AvgIpc) is 3.19. The van der Waals surface area contributed by atoms with Crippen molar-refractivity contribution in [1.29, 1.82) is 0 Å². The van der Waals surface area contributed by atoms with Gasteiger partial charge >= 0.3 is 6.18 Å². The number of carbonyl (C=O) groups is 2. The minimum Gasteiger partial charge on any atom is -0.495 e. The lowest BCUT2D eigenvalue weighted by molar-refractivity contribution is -0.137. The summed E-state index contributed by atoms with van der Waals surface area (Å²) in [7, 11) is 1.44. The van der Waals surface area contributed by atoms with Gasteiger partial charge in [-0.25, -0.2) is 4.98 Å². The van der Waals surface area contributed by atoms with Crippen molar-refractivity contribution in [2.24, 2.45) is 0 Å². The van der Waals surface area contributed by atoms with Gasteiger partial charge in [0, 0.05) is 16.8 Å². The Morgan fingerprint density at radius 1 is 1.16 bits per heavy atom. The van der Waals surface area contributed by atoms with Gasteiger partial charge in [-0.15, -0.1) is 11.3 Å². The van der Waals surface area contributed by atoms with Crippen LogP contribution in [0.3, 0.4) is 0 Å². The Kier molecular flexibility index (Phi) is 7.47. The topological polar surface area (TPSA) is 102 Å². The van der Waals surface area contributed by atoms with Crippen LogP contribution in [0.2, 0.25) is 5.02 Å². The first-order valence-corrected chi connectivity index (χ1v) is 12.2. The summed E-state index contributed by atoms with van der Waals surface area (Å²) in [6.45, 7) is 2.88. The van der Waals surface area contributed by atoms with Crippen LogP contribution in [0.25, 0.3) is 10.2 Å². The number of anilines is 2. The maximum Gasteiger partial charge on any atom is 0.416 e. The quantitative estimate of drug-likeness (QED) is 0.315. The van der Waals surface area contributed by atoms with Crippen molar-refractivity contribution in [1.82, 2.24) is 9.55 Å². The maximum absolute atomic E-state index is 13.1. The van der Waals surface area contributed by atoms with E-state index in [0.717, 1.165) is 39.9 Å². The van der Waals surface area contributed by atoms with Crippen molar-refractivity contribution in [2.75, 3.05) is 17.7 Å². The molecule has 0 atom stereocenters. The molecule has 2 aromatic carbocycles. The number of aryl methyl sites for hydroxylation is 2. The average molecular weight is 565 g/mol. The molecule has 2 aromatic heterocycles. The number of benzene rings is 2. The fraction of sp³-hybridized carbons (Fsp3) is 0.200. The van der Waals surface area contributed by atoms with Crippen molar-refractivity contribution in [3.63, 3.8) is 0 Å². The predicted molar refractivity (Wildman–Crippen MR) is 139 cm³/mol. The van der Waals surface area contributed by atoms with Gasteiger partial charge in [0.05, 0.1) is 35.0 Å². The van der Waals surface area contributed by atoms with Gasteiger partial charge in [0.25, 0.3) is 11.5 Å². The lowest BCUT2D eigenvalue weighted by Gasteiger charge is -2.12. The molecule has 0 spiro atoms. The van der Waals surface area contributed by atoms with Gasteiger partial charge in [0.15, 0.2) is 0 Å². The van der Waals surface area contributed by atoms with Crippen LogP contribution in [-0.4, -0.2) is 28.5 Å². The first-order valence-electron chi connectivity index (χ1n) is 11.0. The number of carbonyl (C=O) groups excluding carboxylic acids is 2. The summed E-state index contributed by atoms with van der Waals surface area (Å²) in [5.41, 5.74) is -0.0528. The van der Waals surface area contributed by atoms with Crippen molar-refractivity contribution < 1.29 is 27.5 Å². The Balaban J connectivity index is 1.58. The predicted octanol–water partition coefficient (Wildman–Crippen LogP) is 5.65. The lowest BCUT2D eigenvalue weighted by atomic mass is 10.2. The van der Waals surface area contributed by atoms with E-state index in [1.807, 2.05) is 0 Å². The lowest BCUT2D eigenvalue weighted by Crippen LogP contribution is -2.28. The second-order valence-electron chi connectivity index (χ2n) is 8.30. The first-order chi connectivity index (χ1) is 17.9. The van der Waals surface area contributed by atoms with Crippen LogP contribution >= 0.6 is 22.9 Å². The fourth-order valence-electron chi connectivity index (χ4n) is 3.73. The normalized spacial score (nSPS) is 11.4. The number of fused-ring (bicyclic) bond motifs is 1. The highest BCUT2D eigenvalue weighted by molar-refractivity contribution is 7.20. The van der Waals surface area contributed by atoms with Gasteiger partial charge in [-0.05, 0) is 49.2 Å². The Labute approximate surface area is 223 Å². The van der Waals surface area contributed by atoms with Gasteiger partial charge in [-0.1, -0.05) is 17.7 Å². The molecule has 2 heterocycles. The number of halogens is 4. The van der Waals surface area contributed by atoms with Crippen LogP contribution < -0.4 is 20.9 Å². The van der Waals surface area contributed by atoms with E-state index in [0.29, 0.717) is 26.9 Å². The molecule has 8 nitrogen and oxygen atoms in total. The molecule has 0 bridgehead atoms. The zero-order valence-corrected chi connectivity index (χ0v) is 21.8. The standard InChI is InChI=1S/C25H20ClF3N4O4S/c1-12-7-17(18(37-3)9-16(12)26)32-22(35)21-13(2)20-23(38-21)30-11-33(24(20)36)10-19(34)31-15-6-4-5-14(8-15)25(27,28)29/h4-9,11H,10H2,1-3H3,(H,31,34)(H,32,35).